The molecular weight excluding hydrogens is 454 g/mol. The van der Waals surface area contributed by atoms with Crippen molar-refractivity contribution < 1.29 is 19.5 Å². The number of carbonyl (C=O) groups excluding carboxylic acids is 2. The summed E-state index contributed by atoms with van der Waals surface area (Å²) < 4.78 is 1.97. The van der Waals surface area contributed by atoms with E-state index in [-0.39, 0.29) is 6.42 Å². The minimum atomic E-state index is -1.36. The minimum absolute atomic E-state index is 0.115. The molecule has 2 amide bonds. The van der Waals surface area contributed by atoms with Crippen LogP contribution in [0.15, 0.2) is 116 Å². The van der Waals surface area contributed by atoms with E-state index < -0.39 is 29.4 Å². The maximum absolute atomic E-state index is 12.2. The second-order valence-corrected chi connectivity index (χ2v) is 8.52. The van der Waals surface area contributed by atoms with E-state index >= 15 is 0 Å². The molecule has 0 bridgehead atoms. The molecule has 0 radical (unpaired) electrons. The van der Waals surface area contributed by atoms with E-state index in [4.69, 9.17) is 0 Å². The van der Waals surface area contributed by atoms with E-state index in [1.807, 2.05) is 95.6 Å². The maximum atomic E-state index is 12.2. The van der Waals surface area contributed by atoms with Crippen molar-refractivity contribution in [2.24, 2.45) is 0 Å². The maximum Gasteiger partial charge on any atom is 0.327 e. The van der Waals surface area contributed by atoms with Gasteiger partial charge in [0.1, 0.15) is 11.6 Å². The number of carboxylic acids is 1. The third-order valence-corrected chi connectivity index (χ3v) is 6.44. The van der Waals surface area contributed by atoms with Crippen molar-refractivity contribution in [2.45, 2.75) is 18.0 Å². The summed E-state index contributed by atoms with van der Waals surface area (Å²) in [7, 11) is 0. The molecule has 0 fully saturated rings. The van der Waals surface area contributed by atoms with Crippen LogP contribution >= 0.6 is 0 Å². The van der Waals surface area contributed by atoms with E-state index in [1.54, 1.807) is 12.5 Å². The normalized spacial score (nSPS) is 14.3. The number of carboxylic acid groups (broad SMARTS) is 1. The number of nitrogens with zero attached hydrogens (tertiary/aromatic N) is 3. The van der Waals surface area contributed by atoms with Crippen molar-refractivity contribution >= 4 is 17.8 Å². The van der Waals surface area contributed by atoms with E-state index in [0.29, 0.717) is 5.69 Å². The summed E-state index contributed by atoms with van der Waals surface area (Å²) in [5.74, 6) is -2.55. The number of benzene rings is 3. The molecule has 1 atom stereocenters. The Kier molecular flexibility index (Phi) is 6.04. The van der Waals surface area contributed by atoms with Gasteiger partial charge in [-0.05, 0) is 16.7 Å². The number of aromatic nitrogens is 2. The number of hydrogen-bond acceptors (Lipinski definition) is 4. The molecule has 178 valence electrons. The lowest BCUT2D eigenvalue weighted by atomic mass is 9.77. The zero-order chi connectivity index (χ0) is 25.1. The van der Waals surface area contributed by atoms with Gasteiger partial charge in [0.25, 0.3) is 11.8 Å². The molecule has 3 aromatic carbocycles. The lowest BCUT2D eigenvalue weighted by molar-refractivity contribution is -0.153. The number of carbonyl (C=O) groups is 3. The minimum Gasteiger partial charge on any atom is -0.480 e. The van der Waals surface area contributed by atoms with Crippen LogP contribution in [0.25, 0.3) is 0 Å². The first-order chi connectivity index (χ1) is 17.5. The second-order valence-electron chi connectivity index (χ2n) is 8.52. The summed E-state index contributed by atoms with van der Waals surface area (Å²) in [6.07, 6.45) is 5.52. The quantitative estimate of drug-likeness (QED) is 0.309. The van der Waals surface area contributed by atoms with Crippen LogP contribution < -0.4 is 0 Å². The van der Waals surface area contributed by atoms with Gasteiger partial charge >= 0.3 is 5.97 Å². The highest BCUT2D eigenvalue weighted by atomic mass is 16.4. The highest BCUT2D eigenvalue weighted by Gasteiger charge is 2.40. The Bertz CT molecular complexity index is 1310. The average molecular weight is 478 g/mol. The highest BCUT2D eigenvalue weighted by molar-refractivity contribution is 6.14. The number of aliphatic carboxylic acids is 1. The summed E-state index contributed by atoms with van der Waals surface area (Å²) in [4.78, 5) is 41.7. The summed E-state index contributed by atoms with van der Waals surface area (Å²) in [6.45, 7) is 0. The fourth-order valence-electron chi connectivity index (χ4n) is 4.84. The number of amides is 2. The molecule has 36 heavy (non-hydrogen) atoms. The van der Waals surface area contributed by atoms with Crippen LogP contribution in [-0.4, -0.2) is 43.4 Å². The zero-order valence-electron chi connectivity index (χ0n) is 19.3. The van der Waals surface area contributed by atoms with Gasteiger partial charge < -0.3 is 9.67 Å². The molecule has 1 N–H and O–H groups in total. The van der Waals surface area contributed by atoms with Gasteiger partial charge in [0.2, 0.25) is 0 Å². The Morgan fingerprint density at radius 2 is 1.22 bits per heavy atom. The average Bonchev–Trinajstić information content (AvgIpc) is 3.51. The molecule has 1 aliphatic heterocycles. The molecule has 0 unspecified atom stereocenters. The summed E-state index contributed by atoms with van der Waals surface area (Å²) in [5, 5.41) is 9.82. The van der Waals surface area contributed by atoms with Gasteiger partial charge in [0.05, 0.1) is 12.0 Å². The Morgan fingerprint density at radius 3 is 1.64 bits per heavy atom. The monoisotopic (exact) mass is 477 g/mol. The number of imide groups is 1. The van der Waals surface area contributed by atoms with Crippen molar-refractivity contribution in [3.63, 3.8) is 0 Å². The third kappa shape index (κ3) is 3.90. The molecule has 4 aromatic rings. The van der Waals surface area contributed by atoms with Crippen LogP contribution in [0.1, 0.15) is 22.4 Å². The molecule has 0 aliphatic carbocycles. The van der Waals surface area contributed by atoms with Crippen LogP contribution in [-0.2, 0) is 26.3 Å². The predicted molar refractivity (Wildman–Crippen MR) is 133 cm³/mol. The first-order valence-corrected chi connectivity index (χ1v) is 11.5. The molecule has 0 saturated heterocycles. The van der Waals surface area contributed by atoms with Gasteiger partial charge in [0.15, 0.2) is 0 Å². The molecule has 2 heterocycles. The fourth-order valence-corrected chi connectivity index (χ4v) is 4.84. The van der Waals surface area contributed by atoms with Crippen LogP contribution in [0.4, 0.5) is 0 Å². The Balaban J connectivity index is 1.65. The first-order valence-electron chi connectivity index (χ1n) is 11.5. The zero-order valence-corrected chi connectivity index (χ0v) is 19.3. The molecule has 0 spiro atoms. The number of rotatable bonds is 8. The van der Waals surface area contributed by atoms with Crippen molar-refractivity contribution in [2.75, 3.05) is 0 Å². The van der Waals surface area contributed by atoms with Gasteiger partial charge in [-0.1, -0.05) is 91.0 Å². The summed E-state index contributed by atoms with van der Waals surface area (Å²) >= 11 is 0. The predicted octanol–water partition coefficient (Wildman–Crippen LogP) is 3.64. The van der Waals surface area contributed by atoms with Gasteiger partial charge in [-0.2, -0.15) is 0 Å². The van der Waals surface area contributed by atoms with E-state index in [9.17, 15) is 19.5 Å². The number of imidazole rings is 1. The Hall–Kier alpha value is -4.78. The first kappa shape index (κ1) is 23.0. The SMILES string of the molecule is O=C(O)[C@H](Cc1cn(C(c2ccccc2)(c2ccccc2)c2ccccc2)cn1)N1C(=O)C=CC1=O. The van der Waals surface area contributed by atoms with Crippen molar-refractivity contribution in [1.29, 1.82) is 0 Å². The molecular formula is C29H23N3O4. The summed E-state index contributed by atoms with van der Waals surface area (Å²) in [6, 6.07) is 28.7. The van der Waals surface area contributed by atoms with E-state index in [1.165, 1.54) is 0 Å². The molecule has 7 nitrogen and oxygen atoms in total. The largest absolute Gasteiger partial charge is 0.480 e. The fraction of sp³-hybridized carbons (Fsp3) is 0.103. The van der Waals surface area contributed by atoms with Gasteiger partial charge in [-0.25, -0.2) is 9.78 Å². The molecule has 7 heteroatoms. The summed E-state index contributed by atoms with van der Waals surface area (Å²) in [5.41, 5.74) is 2.64. The standard InChI is InChI=1S/C29H23N3O4/c33-26-16-17-27(34)32(26)25(28(35)36)18-24-19-31(20-30-24)29(21-10-4-1-5-11-21,22-12-6-2-7-13-22)23-14-8-3-9-15-23/h1-17,19-20,25H,18H2,(H,35,36)/t25-/m0/s1. The molecule has 0 saturated carbocycles. The second kappa shape index (κ2) is 9.46. The number of hydrogen-bond donors (Lipinski definition) is 1. The van der Waals surface area contributed by atoms with Crippen LogP contribution in [0.5, 0.6) is 0 Å². The van der Waals surface area contributed by atoms with Gasteiger partial charge in [-0.15, -0.1) is 0 Å². The Morgan fingerprint density at radius 1 is 0.778 bits per heavy atom. The van der Waals surface area contributed by atoms with Crippen LogP contribution in [0.2, 0.25) is 0 Å². The lowest BCUT2D eigenvalue weighted by Gasteiger charge is -2.37. The van der Waals surface area contributed by atoms with E-state index in [2.05, 4.69) is 4.98 Å². The highest BCUT2D eigenvalue weighted by Crippen LogP contribution is 2.40. The smallest absolute Gasteiger partial charge is 0.327 e. The van der Waals surface area contributed by atoms with Crippen molar-refractivity contribution in [3.8, 4) is 0 Å². The van der Waals surface area contributed by atoms with Crippen LogP contribution in [0, 0.1) is 0 Å². The van der Waals surface area contributed by atoms with Gasteiger partial charge in [-0.3, -0.25) is 14.5 Å². The van der Waals surface area contributed by atoms with Crippen molar-refractivity contribution in [1.82, 2.24) is 14.5 Å². The third-order valence-electron chi connectivity index (χ3n) is 6.44. The molecule has 5 rings (SSSR count). The molecule has 1 aromatic heterocycles. The topological polar surface area (TPSA) is 92.5 Å². The van der Waals surface area contributed by atoms with Crippen LogP contribution in [0.3, 0.4) is 0 Å². The van der Waals surface area contributed by atoms with Gasteiger partial charge in [0, 0.05) is 24.8 Å². The van der Waals surface area contributed by atoms with Crippen molar-refractivity contribution in [3.05, 3.63) is 138 Å². The molecule has 1 aliphatic rings. The lowest BCUT2D eigenvalue weighted by Crippen LogP contribution is -2.46. The Labute approximate surface area is 208 Å². The van der Waals surface area contributed by atoms with E-state index in [0.717, 1.165) is 33.7 Å².